The van der Waals surface area contributed by atoms with Crippen LogP contribution in [0.1, 0.15) is 74.6 Å². The zero-order valence-corrected chi connectivity index (χ0v) is 25.6. The second kappa shape index (κ2) is 12.6. The second-order valence-electron chi connectivity index (χ2n) is 13.1. The smallest absolute Gasteiger partial charge is 0.307 e. The molecule has 1 saturated carbocycles. The van der Waals surface area contributed by atoms with Crippen molar-refractivity contribution in [1.29, 1.82) is 0 Å². The Hall–Kier alpha value is -4.19. The van der Waals surface area contributed by atoms with Gasteiger partial charge in [-0.2, -0.15) is 0 Å². The van der Waals surface area contributed by atoms with E-state index >= 15 is 0 Å². The molecule has 1 aromatic heterocycles. The zero-order valence-electron chi connectivity index (χ0n) is 25.6. The molecule has 0 aliphatic heterocycles. The molecule has 2 atom stereocenters. The molecule has 2 N–H and O–H groups in total. The molecule has 1 aliphatic carbocycles. The SMILES string of the molecule is Cc1c(CC(C(=O)O)C(C)(C)C)cccc1NC(=O)C(c1ccc(Cn2ccc3ccccc3c2=O)cc1)C1CCCC1. The Labute approximate surface area is 253 Å². The fourth-order valence-corrected chi connectivity index (χ4v) is 6.54. The lowest BCUT2D eigenvalue weighted by Crippen LogP contribution is -2.30. The van der Waals surface area contributed by atoms with Gasteiger partial charge in [0.1, 0.15) is 0 Å². The third-order valence-corrected chi connectivity index (χ3v) is 9.20. The van der Waals surface area contributed by atoms with Crippen molar-refractivity contribution in [1.82, 2.24) is 4.57 Å². The molecule has 6 nitrogen and oxygen atoms in total. The number of nitrogens with one attached hydrogen (secondary N) is 1. The molecular formula is C37H42N2O4. The van der Waals surface area contributed by atoms with Gasteiger partial charge in [-0.1, -0.05) is 88.2 Å². The first-order chi connectivity index (χ1) is 20.5. The monoisotopic (exact) mass is 578 g/mol. The van der Waals surface area contributed by atoms with Gasteiger partial charge in [0, 0.05) is 17.3 Å². The average molecular weight is 579 g/mol. The van der Waals surface area contributed by atoms with Crippen LogP contribution in [0.3, 0.4) is 0 Å². The van der Waals surface area contributed by atoms with Crippen molar-refractivity contribution in [2.75, 3.05) is 5.32 Å². The fraction of sp³-hybridized carbons (Fsp3) is 0.378. The predicted octanol–water partition coefficient (Wildman–Crippen LogP) is 7.56. The molecule has 0 saturated heterocycles. The van der Waals surface area contributed by atoms with E-state index in [1.54, 1.807) is 4.57 Å². The van der Waals surface area contributed by atoms with Crippen molar-refractivity contribution < 1.29 is 14.7 Å². The van der Waals surface area contributed by atoms with Gasteiger partial charge in [0.25, 0.3) is 5.56 Å². The molecule has 0 bridgehead atoms. The van der Waals surface area contributed by atoms with Gasteiger partial charge in [0.2, 0.25) is 5.91 Å². The van der Waals surface area contributed by atoms with Gasteiger partial charge >= 0.3 is 5.97 Å². The number of aromatic nitrogens is 1. The maximum Gasteiger partial charge on any atom is 0.307 e. The normalized spacial score (nSPS) is 15.3. The number of pyridine rings is 1. The van der Waals surface area contributed by atoms with Crippen LogP contribution in [0.5, 0.6) is 0 Å². The topological polar surface area (TPSA) is 88.4 Å². The number of carboxylic acids is 1. The van der Waals surface area contributed by atoms with Crippen LogP contribution in [0.4, 0.5) is 5.69 Å². The lowest BCUT2D eigenvalue weighted by atomic mass is 9.76. The Morgan fingerprint density at radius 3 is 2.33 bits per heavy atom. The number of carbonyl (C=O) groups excluding carboxylic acids is 1. The summed E-state index contributed by atoms with van der Waals surface area (Å²) in [7, 11) is 0. The van der Waals surface area contributed by atoms with Crippen molar-refractivity contribution in [2.24, 2.45) is 17.3 Å². The van der Waals surface area contributed by atoms with Gasteiger partial charge in [-0.3, -0.25) is 14.4 Å². The van der Waals surface area contributed by atoms with E-state index in [4.69, 9.17) is 0 Å². The molecule has 0 spiro atoms. The van der Waals surface area contributed by atoms with Crippen molar-refractivity contribution in [3.63, 3.8) is 0 Å². The van der Waals surface area contributed by atoms with Gasteiger partial charge < -0.3 is 15.0 Å². The minimum absolute atomic E-state index is 0.0137. The van der Waals surface area contributed by atoms with Crippen molar-refractivity contribution in [3.05, 3.63) is 112 Å². The Balaban J connectivity index is 1.37. The number of carbonyl (C=O) groups is 2. The molecule has 0 radical (unpaired) electrons. The first-order valence-electron chi connectivity index (χ1n) is 15.3. The van der Waals surface area contributed by atoms with E-state index in [1.807, 2.05) is 107 Å². The molecule has 2 unspecified atom stereocenters. The summed E-state index contributed by atoms with van der Waals surface area (Å²) < 4.78 is 1.73. The van der Waals surface area contributed by atoms with Gasteiger partial charge in [-0.05, 0) is 83.4 Å². The van der Waals surface area contributed by atoms with Crippen molar-refractivity contribution in [3.8, 4) is 0 Å². The highest BCUT2D eigenvalue weighted by molar-refractivity contribution is 5.97. The summed E-state index contributed by atoms with van der Waals surface area (Å²) in [5.41, 5.74) is 4.15. The highest BCUT2D eigenvalue weighted by atomic mass is 16.4. The van der Waals surface area contributed by atoms with Crippen LogP contribution in [0, 0.1) is 24.2 Å². The van der Waals surface area contributed by atoms with E-state index in [1.165, 1.54) is 0 Å². The van der Waals surface area contributed by atoms with Crippen LogP contribution in [-0.2, 0) is 22.6 Å². The molecule has 6 heteroatoms. The summed E-state index contributed by atoms with van der Waals surface area (Å²) in [6.07, 6.45) is 6.51. The minimum Gasteiger partial charge on any atom is -0.481 e. The minimum atomic E-state index is -0.809. The average Bonchev–Trinajstić information content (AvgIpc) is 3.49. The van der Waals surface area contributed by atoms with Crippen LogP contribution >= 0.6 is 0 Å². The quantitative estimate of drug-likeness (QED) is 0.215. The number of hydrogen-bond donors (Lipinski definition) is 2. The Kier molecular flexibility index (Phi) is 8.86. The summed E-state index contributed by atoms with van der Waals surface area (Å²) in [5.74, 6) is -1.40. The number of amides is 1. The molecule has 5 rings (SSSR count). The Morgan fingerprint density at radius 1 is 0.953 bits per heavy atom. The van der Waals surface area contributed by atoms with E-state index < -0.39 is 11.9 Å². The lowest BCUT2D eigenvalue weighted by molar-refractivity contribution is -0.145. The van der Waals surface area contributed by atoms with Crippen molar-refractivity contribution >= 4 is 28.3 Å². The first-order valence-corrected chi connectivity index (χ1v) is 15.3. The third kappa shape index (κ3) is 6.74. The van der Waals surface area contributed by atoms with E-state index in [9.17, 15) is 19.5 Å². The number of aliphatic carboxylic acids is 1. The largest absolute Gasteiger partial charge is 0.481 e. The molecule has 4 aromatic rings. The fourth-order valence-electron chi connectivity index (χ4n) is 6.54. The molecule has 3 aromatic carbocycles. The number of fused-ring (bicyclic) bond motifs is 1. The molecular weight excluding hydrogens is 536 g/mol. The molecule has 224 valence electrons. The molecule has 1 aliphatic rings. The lowest BCUT2D eigenvalue weighted by Gasteiger charge is -2.28. The number of hydrogen-bond acceptors (Lipinski definition) is 3. The van der Waals surface area contributed by atoms with Gasteiger partial charge in [-0.25, -0.2) is 0 Å². The van der Waals surface area contributed by atoms with E-state index in [0.29, 0.717) is 18.4 Å². The highest BCUT2D eigenvalue weighted by Crippen LogP contribution is 2.39. The summed E-state index contributed by atoms with van der Waals surface area (Å²) in [4.78, 5) is 39.0. The number of anilines is 1. The first kappa shape index (κ1) is 30.3. The molecule has 1 heterocycles. The Bertz CT molecular complexity index is 1670. The third-order valence-electron chi connectivity index (χ3n) is 9.20. The van der Waals surface area contributed by atoms with Crippen LogP contribution in [0.25, 0.3) is 10.8 Å². The summed E-state index contributed by atoms with van der Waals surface area (Å²) in [5, 5.41) is 14.7. The van der Waals surface area contributed by atoms with Gasteiger partial charge in [0.05, 0.1) is 18.4 Å². The summed E-state index contributed by atoms with van der Waals surface area (Å²) >= 11 is 0. The number of rotatable bonds is 9. The second-order valence-corrected chi connectivity index (χ2v) is 13.1. The number of benzene rings is 3. The standard InChI is InChI=1S/C37H42N2O4/c1-24-29(22-31(36(42)43)37(2,3)4)13-9-15-32(24)38-34(40)33(27-11-5-6-12-27)28-18-16-25(17-19-28)23-39-21-20-26-10-7-8-14-30(26)35(39)41/h7-10,13-21,27,31,33H,5-6,11-12,22-23H2,1-4H3,(H,38,40)(H,42,43). The van der Waals surface area contributed by atoms with E-state index in [2.05, 4.69) is 5.32 Å². The zero-order chi connectivity index (χ0) is 30.7. The molecule has 1 amide bonds. The maximum absolute atomic E-state index is 13.9. The Morgan fingerprint density at radius 2 is 1.65 bits per heavy atom. The van der Waals surface area contributed by atoms with Crippen LogP contribution in [-0.4, -0.2) is 21.6 Å². The molecule has 1 fully saturated rings. The van der Waals surface area contributed by atoms with Crippen LogP contribution < -0.4 is 10.9 Å². The number of nitrogens with zero attached hydrogens (tertiary/aromatic N) is 1. The van der Waals surface area contributed by atoms with Crippen molar-refractivity contribution in [2.45, 2.75) is 72.3 Å². The highest BCUT2D eigenvalue weighted by Gasteiger charge is 2.34. The van der Waals surface area contributed by atoms with E-state index in [0.717, 1.165) is 59.0 Å². The molecule has 43 heavy (non-hydrogen) atoms. The maximum atomic E-state index is 13.9. The van der Waals surface area contributed by atoms with Gasteiger partial charge in [0.15, 0.2) is 0 Å². The van der Waals surface area contributed by atoms with E-state index in [-0.39, 0.29) is 28.7 Å². The summed E-state index contributed by atoms with van der Waals surface area (Å²) in [6, 6.07) is 23.5. The van der Waals surface area contributed by atoms with Gasteiger partial charge in [-0.15, -0.1) is 0 Å². The summed E-state index contributed by atoms with van der Waals surface area (Å²) in [6.45, 7) is 8.27. The van der Waals surface area contributed by atoms with Crippen LogP contribution in [0.15, 0.2) is 83.8 Å². The number of carboxylic acid groups (broad SMARTS) is 1. The van der Waals surface area contributed by atoms with Crippen LogP contribution in [0.2, 0.25) is 0 Å². The predicted molar refractivity (Wildman–Crippen MR) is 173 cm³/mol.